The standard InChI is InChI=1S/C9H15NO3/c1-6(11)9(8(12)13)5-3-2-4-7(9)10/h7H,2-5,10H2,1H3,(H,12,13). The number of aliphatic carboxylic acids is 1. The summed E-state index contributed by atoms with van der Waals surface area (Å²) < 4.78 is 0. The molecule has 1 aliphatic carbocycles. The van der Waals surface area contributed by atoms with Gasteiger partial charge < -0.3 is 10.8 Å². The van der Waals surface area contributed by atoms with Crippen LogP contribution in [0.5, 0.6) is 0 Å². The summed E-state index contributed by atoms with van der Waals surface area (Å²) in [6, 6.07) is -0.517. The molecule has 2 unspecified atom stereocenters. The SMILES string of the molecule is CC(=O)C1(C(=O)O)CCCCC1N. The maximum Gasteiger partial charge on any atom is 0.318 e. The number of nitrogens with two attached hydrogens (primary N) is 1. The van der Waals surface area contributed by atoms with Crippen LogP contribution in [0.1, 0.15) is 32.6 Å². The van der Waals surface area contributed by atoms with E-state index in [0.29, 0.717) is 12.8 Å². The van der Waals surface area contributed by atoms with Crippen molar-refractivity contribution in [3.8, 4) is 0 Å². The van der Waals surface area contributed by atoms with Gasteiger partial charge in [0.05, 0.1) is 0 Å². The average molecular weight is 185 g/mol. The van der Waals surface area contributed by atoms with Gasteiger partial charge in [0.1, 0.15) is 11.2 Å². The minimum absolute atomic E-state index is 0.313. The van der Waals surface area contributed by atoms with Crippen LogP contribution in [0, 0.1) is 5.41 Å². The number of hydrogen-bond donors (Lipinski definition) is 2. The van der Waals surface area contributed by atoms with Crippen molar-refractivity contribution in [3.63, 3.8) is 0 Å². The number of Topliss-reactive ketones (excluding diaryl/α,β-unsaturated/α-hetero) is 1. The second kappa shape index (κ2) is 3.46. The summed E-state index contributed by atoms with van der Waals surface area (Å²) in [5.41, 5.74) is 4.41. The summed E-state index contributed by atoms with van der Waals surface area (Å²) >= 11 is 0. The van der Waals surface area contributed by atoms with E-state index >= 15 is 0 Å². The van der Waals surface area contributed by atoms with Crippen LogP contribution in [0.25, 0.3) is 0 Å². The second-order valence-electron chi connectivity index (χ2n) is 3.68. The fraction of sp³-hybridized carbons (Fsp3) is 0.778. The molecule has 0 aromatic carbocycles. The molecule has 4 nitrogen and oxygen atoms in total. The van der Waals surface area contributed by atoms with Gasteiger partial charge >= 0.3 is 5.97 Å². The largest absolute Gasteiger partial charge is 0.480 e. The van der Waals surface area contributed by atoms with Crippen molar-refractivity contribution in [1.82, 2.24) is 0 Å². The van der Waals surface area contributed by atoms with Crippen molar-refractivity contribution in [2.24, 2.45) is 11.1 Å². The summed E-state index contributed by atoms with van der Waals surface area (Å²) in [7, 11) is 0. The smallest absolute Gasteiger partial charge is 0.318 e. The molecular formula is C9H15NO3. The first kappa shape index (κ1) is 10.2. The molecule has 0 heterocycles. The minimum atomic E-state index is -1.31. The highest BCUT2D eigenvalue weighted by atomic mass is 16.4. The number of carbonyl (C=O) groups is 2. The van der Waals surface area contributed by atoms with E-state index < -0.39 is 17.4 Å². The second-order valence-corrected chi connectivity index (χ2v) is 3.68. The van der Waals surface area contributed by atoms with Crippen LogP contribution in [0.3, 0.4) is 0 Å². The Morgan fingerprint density at radius 3 is 2.38 bits per heavy atom. The van der Waals surface area contributed by atoms with Gasteiger partial charge in [-0.3, -0.25) is 9.59 Å². The molecule has 0 amide bonds. The number of carbonyl (C=O) groups excluding carboxylic acids is 1. The van der Waals surface area contributed by atoms with Crippen LogP contribution in [0.4, 0.5) is 0 Å². The molecule has 0 saturated heterocycles. The fourth-order valence-corrected chi connectivity index (χ4v) is 2.05. The molecule has 0 aromatic rings. The van der Waals surface area contributed by atoms with Crippen molar-refractivity contribution in [2.45, 2.75) is 38.6 Å². The lowest BCUT2D eigenvalue weighted by molar-refractivity contribution is -0.157. The van der Waals surface area contributed by atoms with Crippen molar-refractivity contribution >= 4 is 11.8 Å². The highest BCUT2D eigenvalue weighted by Gasteiger charge is 2.49. The van der Waals surface area contributed by atoms with E-state index in [1.807, 2.05) is 0 Å². The summed E-state index contributed by atoms with van der Waals surface area (Å²) in [5.74, 6) is -1.38. The molecule has 1 aliphatic rings. The Bertz CT molecular complexity index is 223. The average Bonchev–Trinajstić information content (AvgIpc) is 2.04. The molecule has 0 aliphatic heterocycles. The zero-order valence-electron chi connectivity index (χ0n) is 7.75. The van der Waals surface area contributed by atoms with Crippen LogP contribution in [-0.4, -0.2) is 22.9 Å². The van der Waals surface area contributed by atoms with E-state index in [1.165, 1.54) is 6.92 Å². The van der Waals surface area contributed by atoms with E-state index in [4.69, 9.17) is 10.8 Å². The van der Waals surface area contributed by atoms with Gasteiger partial charge in [0.2, 0.25) is 0 Å². The van der Waals surface area contributed by atoms with Crippen molar-refractivity contribution < 1.29 is 14.7 Å². The molecule has 4 heteroatoms. The first-order valence-corrected chi connectivity index (χ1v) is 4.52. The van der Waals surface area contributed by atoms with E-state index in [0.717, 1.165) is 12.8 Å². The third kappa shape index (κ3) is 1.46. The number of rotatable bonds is 2. The number of carboxylic acid groups (broad SMARTS) is 1. The highest BCUT2D eigenvalue weighted by Crippen LogP contribution is 2.36. The van der Waals surface area contributed by atoms with Crippen LogP contribution in [0.2, 0.25) is 0 Å². The maximum absolute atomic E-state index is 11.3. The predicted molar refractivity (Wildman–Crippen MR) is 47.2 cm³/mol. The summed E-state index contributed by atoms with van der Waals surface area (Å²) in [6.45, 7) is 1.32. The Labute approximate surface area is 77.1 Å². The van der Waals surface area contributed by atoms with Crippen molar-refractivity contribution in [3.05, 3.63) is 0 Å². The van der Waals surface area contributed by atoms with Crippen LogP contribution in [0.15, 0.2) is 0 Å². The van der Waals surface area contributed by atoms with Crippen LogP contribution in [-0.2, 0) is 9.59 Å². The molecule has 0 bridgehead atoms. The number of hydrogen-bond acceptors (Lipinski definition) is 3. The van der Waals surface area contributed by atoms with Gasteiger partial charge in [0.15, 0.2) is 0 Å². The van der Waals surface area contributed by atoms with Gasteiger partial charge in [-0.2, -0.15) is 0 Å². The lowest BCUT2D eigenvalue weighted by Crippen LogP contribution is -2.54. The van der Waals surface area contributed by atoms with Crippen molar-refractivity contribution in [2.75, 3.05) is 0 Å². The van der Waals surface area contributed by atoms with E-state index in [1.54, 1.807) is 0 Å². The highest BCUT2D eigenvalue weighted by molar-refractivity contribution is 6.02. The molecule has 1 fully saturated rings. The Balaban J connectivity index is 3.00. The maximum atomic E-state index is 11.3. The van der Waals surface area contributed by atoms with Gasteiger partial charge in [-0.1, -0.05) is 12.8 Å². The van der Waals surface area contributed by atoms with Gasteiger partial charge in [-0.25, -0.2) is 0 Å². The number of ketones is 1. The molecule has 13 heavy (non-hydrogen) atoms. The lowest BCUT2D eigenvalue weighted by Gasteiger charge is -2.36. The molecule has 0 aromatic heterocycles. The van der Waals surface area contributed by atoms with Crippen LogP contribution >= 0.6 is 0 Å². The Kier molecular flexibility index (Phi) is 2.71. The zero-order chi connectivity index (χ0) is 10.1. The van der Waals surface area contributed by atoms with E-state index in [2.05, 4.69) is 0 Å². The molecular weight excluding hydrogens is 170 g/mol. The zero-order valence-corrected chi connectivity index (χ0v) is 7.75. The Hall–Kier alpha value is -0.900. The molecule has 0 radical (unpaired) electrons. The number of carboxylic acids is 1. The molecule has 2 atom stereocenters. The van der Waals surface area contributed by atoms with Gasteiger partial charge in [0, 0.05) is 6.04 Å². The van der Waals surface area contributed by atoms with E-state index in [9.17, 15) is 9.59 Å². The Morgan fingerprint density at radius 1 is 1.46 bits per heavy atom. The molecule has 3 N–H and O–H groups in total. The first-order valence-electron chi connectivity index (χ1n) is 4.52. The fourth-order valence-electron chi connectivity index (χ4n) is 2.05. The molecule has 1 rings (SSSR count). The third-order valence-corrected chi connectivity index (χ3v) is 2.98. The normalized spacial score (nSPS) is 34.2. The summed E-state index contributed by atoms with van der Waals surface area (Å²) in [5, 5.41) is 9.03. The lowest BCUT2D eigenvalue weighted by atomic mass is 9.68. The summed E-state index contributed by atoms with van der Waals surface area (Å²) in [4.78, 5) is 22.3. The first-order chi connectivity index (χ1) is 6.01. The molecule has 1 saturated carbocycles. The predicted octanol–water partition coefficient (Wildman–Crippen LogP) is 0.548. The van der Waals surface area contributed by atoms with Crippen molar-refractivity contribution in [1.29, 1.82) is 0 Å². The van der Waals surface area contributed by atoms with Gasteiger partial charge in [-0.05, 0) is 19.8 Å². The summed E-state index contributed by atoms with van der Waals surface area (Å²) in [6.07, 6.45) is 2.72. The Morgan fingerprint density at radius 2 is 2.08 bits per heavy atom. The minimum Gasteiger partial charge on any atom is -0.480 e. The molecule has 74 valence electrons. The van der Waals surface area contributed by atoms with Gasteiger partial charge in [0.25, 0.3) is 0 Å². The third-order valence-electron chi connectivity index (χ3n) is 2.98. The van der Waals surface area contributed by atoms with E-state index in [-0.39, 0.29) is 5.78 Å². The monoisotopic (exact) mass is 185 g/mol. The topological polar surface area (TPSA) is 80.4 Å². The van der Waals surface area contributed by atoms with Crippen LogP contribution < -0.4 is 5.73 Å². The quantitative estimate of drug-likeness (QED) is 0.615. The molecule has 0 spiro atoms. The van der Waals surface area contributed by atoms with Gasteiger partial charge in [-0.15, -0.1) is 0 Å².